The second kappa shape index (κ2) is 6.88. The molecule has 0 unspecified atom stereocenters. The second-order valence-electron chi connectivity index (χ2n) is 6.10. The van der Waals surface area contributed by atoms with E-state index in [1.807, 2.05) is 36.5 Å². The first-order valence-electron chi connectivity index (χ1n) is 8.40. The van der Waals surface area contributed by atoms with Crippen LogP contribution in [0.3, 0.4) is 0 Å². The number of aromatic nitrogens is 2. The van der Waals surface area contributed by atoms with Gasteiger partial charge in [0, 0.05) is 29.8 Å². The number of rotatable bonds is 4. The highest BCUT2D eigenvalue weighted by molar-refractivity contribution is 7.18. The number of pyridine rings is 1. The number of ketones is 1. The first-order valence-corrected chi connectivity index (χ1v) is 9.22. The molecule has 0 bridgehead atoms. The topological polar surface area (TPSA) is 61.3 Å². The predicted octanol–water partition coefficient (Wildman–Crippen LogP) is 4.41. The number of benzene rings is 1. The molecule has 5 nitrogen and oxygen atoms in total. The SMILES string of the molecule is COc1cc(OC)cc(-c2cnc(-c3ccc4c(n3)CCCC4=O)s2)c1. The minimum Gasteiger partial charge on any atom is -0.497 e. The molecule has 0 fully saturated rings. The number of carbonyl (C=O) groups is 1. The highest BCUT2D eigenvalue weighted by Crippen LogP contribution is 2.36. The molecule has 1 aliphatic rings. The van der Waals surface area contributed by atoms with Crippen molar-refractivity contribution in [1.29, 1.82) is 0 Å². The minimum absolute atomic E-state index is 0.189. The van der Waals surface area contributed by atoms with E-state index in [4.69, 9.17) is 9.47 Å². The summed E-state index contributed by atoms with van der Waals surface area (Å²) < 4.78 is 10.7. The number of ether oxygens (including phenoxy) is 2. The molecule has 0 N–H and O–H groups in total. The molecule has 6 heteroatoms. The molecular weight excluding hydrogens is 348 g/mol. The molecule has 1 aromatic carbocycles. The Morgan fingerprint density at radius 2 is 1.81 bits per heavy atom. The standard InChI is InChI=1S/C20H18N2O3S/c1-24-13-8-12(9-14(10-13)25-2)19-11-21-20(26-19)17-7-6-15-16(22-17)4-3-5-18(15)23/h6-11H,3-5H2,1-2H3. The molecule has 132 valence electrons. The average Bonchev–Trinajstić information content (AvgIpc) is 3.18. The Morgan fingerprint density at radius 3 is 2.54 bits per heavy atom. The predicted molar refractivity (Wildman–Crippen MR) is 101 cm³/mol. The van der Waals surface area contributed by atoms with Gasteiger partial charge in [-0.3, -0.25) is 4.79 Å². The van der Waals surface area contributed by atoms with Crippen LogP contribution in [0.1, 0.15) is 28.9 Å². The maximum absolute atomic E-state index is 12.0. The van der Waals surface area contributed by atoms with E-state index in [1.54, 1.807) is 25.6 Å². The smallest absolute Gasteiger partial charge is 0.164 e. The molecule has 2 heterocycles. The van der Waals surface area contributed by atoms with E-state index in [1.165, 1.54) is 0 Å². The Bertz CT molecular complexity index is 959. The van der Waals surface area contributed by atoms with Crippen molar-refractivity contribution in [2.75, 3.05) is 14.2 Å². The van der Waals surface area contributed by atoms with E-state index in [0.717, 1.165) is 56.7 Å². The van der Waals surface area contributed by atoms with Crippen LogP contribution in [0.2, 0.25) is 0 Å². The van der Waals surface area contributed by atoms with Crippen LogP contribution >= 0.6 is 11.3 Å². The van der Waals surface area contributed by atoms with Gasteiger partial charge in [0.25, 0.3) is 0 Å². The van der Waals surface area contributed by atoms with Gasteiger partial charge in [-0.05, 0) is 37.1 Å². The number of Topliss-reactive ketones (excluding diaryl/α,β-unsaturated/α-hetero) is 1. The fraction of sp³-hybridized carbons (Fsp3) is 0.250. The lowest BCUT2D eigenvalue weighted by atomic mass is 9.94. The molecule has 0 spiro atoms. The van der Waals surface area contributed by atoms with Crippen LogP contribution in [0.4, 0.5) is 0 Å². The van der Waals surface area contributed by atoms with Crippen molar-refractivity contribution in [2.24, 2.45) is 0 Å². The number of fused-ring (bicyclic) bond motifs is 1. The third kappa shape index (κ3) is 3.08. The second-order valence-corrected chi connectivity index (χ2v) is 7.13. The molecule has 0 saturated carbocycles. The quantitative estimate of drug-likeness (QED) is 0.684. The molecule has 0 atom stereocenters. The molecule has 0 radical (unpaired) electrons. The van der Waals surface area contributed by atoms with Crippen LogP contribution in [0.15, 0.2) is 36.5 Å². The summed E-state index contributed by atoms with van der Waals surface area (Å²) in [5.74, 6) is 1.66. The molecular formula is C20H18N2O3S. The van der Waals surface area contributed by atoms with Crippen LogP contribution in [-0.2, 0) is 6.42 Å². The molecule has 2 aromatic heterocycles. The highest BCUT2D eigenvalue weighted by Gasteiger charge is 2.19. The van der Waals surface area contributed by atoms with Crippen LogP contribution in [0, 0.1) is 0 Å². The van der Waals surface area contributed by atoms with E-state index < -0.39 is 0 Å². The summed E-state index contributed by atoms with van der Waals surface area (Å²) in [5, 5.41) is 0.836. The van der Waals surface area contributed by atoms with Crippen molar-refractivity contribution in [1.82, 2.24) is 9.97 Å². The maximum atomic E-state index is 12.0. The molecule has 0 saturated heterocycles. The summed E-state index contributed by atoms with van der Waals surface area (Å²) in [5.41, 5.74) is 3.44. The third-order valence-corrected chi connectivity index (χ3v) is 5.52. The first kappa shape index (κ1) is 16.7. The molecule has 1 aliphatic carbocycles. The van der Waals surface area contributed by atoms with Crippen LogP contribution < -0.4 is 9.47 Å². The Kier molecular flexibility index (Phi) is 4.42. The molecule has 4 rings (SSSR count). The van der Waals surface area contributed by atoms with Crippen molar-refractivity contribution in [2.45, 2.75) is 19.3 Å². The Morgan fingerprint density at radius 1 is 1.04 bits per heavy atom. The fourth-order valence-electron chi connectivity index (χ4n) is 3.09. The van der Waals surface area contributed by atoms with Crippen molar-refractivity contribution >= 4 is 17.1 Å². The van der Waals surface area contributed by atoms with Crippen molar-refractivity contribution in [3.05, 3.63) is 47.8 Å². The van der Waals surface area contributed by atoms with E-state index in [2.05, 4.69) is 9.97 Å². The number of nitrogens with zero attached hydrogens (tertiary/aromatic N) is 2. The lowest BCUT2D eigenvalue weighted by Crippen LogP contribution is -2.12. The monoisotopic (exact) mass is 366 g/mol. The number of methoxy groups -OCH3 is 2. The van der Waals surface area contributed by atoms with Gasteiger partial charge in [-0.2, -0.15) is 0 Å². The van der Waals surface area contributed by atoms with Crippen LogP contribution in [-0.4, -0.2) is 30.0 Å². The molecule has 0 amide bonds. The minimum atomic E-state index is 0.189. The maximum Gasteiger partial charge on any atom is 0.164 e. The number of carbonyl (C=O) groups excluding carboxylic acids is 1. The zero-order valence-corrected chi connectivity index (χ0v) is 15.4. The largest absolute Gasteiger partial charge is 0.497 e. The van der Waals surface area contributed by atoms with Gasteiger partial charge < -0.3 is 9.47 Å². The summed E-state index contributed by atoms with van der Waals surface area (Å²) in [6, 6.07) is 9.52. The lowest BCUT2D eigenvalue weighted by Gasteiger charge is -2.13. The zero-order valence-electron chi connectivity index (χ0n) is 14.6. The number of thiazole rings is 1. The lowest BCUT2D eigenvalue weighted by molar-refractivity contribution is 0.0971. The highest BCUT2D eigenvalue weighted by atomic mass is 32.1. The Balaban J connectivity index is 1.70. The summed E-state index contributed by atoms with van der Waals surface area (Å²) in [6.45, 7) is 0. The van der Waals surface area contributed by atoms with Gasteiger partial charge in [0.15, 0.2) is 5.78 Å². The summed E-state index contributed by atoms with van der Waals surface area (Å²) in [4.78, 5) is 22.2. The van der Waals surface area contributed by atoms with Gasteiger partial charge in [-0.15, -0.1) is 11.3 Å². The molecule has 26 heavy (non-hydrogen) atoms. The number of hydrogen-bond acceptors (Lipinski definition) is 6. The van der Waals surface area contributed by atoms with Gasteiger partial charge in [0.2, 0.25) is 0 Å². The molecule has 0 aliphatic heterocycles. The Hall–Kier alpha value is -2.73. The zero-order chi connectivity index (χ0) is 18.1. The average molecular weight is 366 g/mol. The van der Waals surface area contributed by atoms with Gasteiger partial charge in [0.1, 0.15) is 16.5 Å². The van der Waals surface area contributed by atoms with Gasteiger partial charge in [0.05, 0.1) is 30.5 Å². The van der Waals surface area contributed by atoms with Gasteiger partial charge in [-0.25, -0.2) is 9.97 Å². The van der Waals surface area contributed by atoms with E-state index in [0.29, 0.717) is 6.42 Å². The van der Waals surface area contributed by atoms with Crippen molar-refractivity contribution in [3.8, 4) is 32.6 Å². The fourth-order valence-corrected chi connectivity index (χ4v) is 3.96. The van der Waals surface area contributed by atoms with E-state index in [9.17, 15) is 4.79 Å². The summed E-state index contributed by atoms with van der Waals surface area (Å²) in [6.07, 6.45) is 4.17. The van der Waals surface area contributed by atoms with Gasteiger partial charge >= 0.3 is 0 Å². The number of hydrogen-bond donors (Lipinski definition) is 0. The van der Waals surface area contributed by atoms with Crippen molar-refractivity contribution < 1.29 is 14.3 Å². The van der Waals surface area contributed by atoms with Crippen molar-refractivity contribution in [3.63, 3.8) is 0 Å². The van der Waals surface area contributed by atoms with Gasteiger partial charge in [-0.1, -0.05) is 0 Å². The normalized spacial score (nSPS) is 13.4. The third-order valence-electron chi connectivity index (χ3n) is 4.45. The van der Waals surface area contributed by atoms with Crippen LogP contribution in [0.5, 0.6) is 11.5 Å². The summed E-state index contributed by atoms with van der Waals surface area (Å²) in [7, 11) is 3.27. The number of aryl methyl sites for hydroxylation is 1. The molecule has 3 aromatic rings. The van der Waals surface area contributed by atoms with E-state index >= 15 is 0 Å². The summed E-state index contributed by atoms with van der Waals surface area (Å²) >= 11 is 1.56. The van der Waals surface area contributed by atoms with E-state index in [-0.39, 0.29) is 5.78 Å². The Labute approximate surface area is 155 Å². The first-order chi connectivity index (χ1) is 12.7. The van der Waals surface area contributed by atoms with Crippen LogP contribution in [0.25, 0.3) is 21.1 Å².